The highest BCUT2D eigenvalue weighted by Crippen LogP contribution is 2.34. The molecule has 3 aromatic rings. The van der Waals surface area contributed by atoms with Crippen molar-refractivity contribution in [2.75, 3.05) is 5.32 Å². The van der Waals surface area contributed by atoms with Crippen LogP contribution in [0.25, 0.3) is 0 Å². The minimum absolute atomic E-state index is 0.0924. The lowest BCUT2D eigenvalue weighted by molar-refractivity contribution is -0.148. The first-order valence-corrected chi connectivity index (χ1v) is 11.0. The molecule has 1 amide bonds. The molecule has 0 saturated carbocycles. The van der Waals surface area contributed by atoms with Crippen LogP contribution >= 0.6 is 23.2 Å². The number of nitrogens with one attached hydrogen (secondary N) is 1. The van der Waals surface area contributed by atoms with Gasteiger partial charge in [-0.2, -0.15) is 13.2 Å². The van der Waals surface area contributed by atoms with Crippen LogP contribution in [0.2, 0.25) is 10.0 Å². The summed E-state index contributed by atoms with van der Waals surface area (Å²) < 4.78 is 44.1. The number of Topliss-reactive ketones (excluding diaryl/α,β-unsaturated/α-hetero) is 1. The van der Waals surface area contributed by atoms with Crippen molar-refractivity contribution in [3.8, 4) is 0 Å². The Labute approximate surface area is 208 Å². The molecule has 0 unspecified atom stereocenters. The predicted octanol–water partition coefficient (Wildman–Crippen LogP) is 6.90. The third-order valence-electron chi connectivity index (χ3n) is 4.84. The van der Waals surface area contributed by atoms with Crippen LogP contribution in [0.4, 0.5) is 18.9 Å². The summed E-state index contributed by atoms with van der Waals surface area (Å²) in [5.41, 5.74) is -0.519. The average Bonchev–Trinajstić information content (AvgIpc) is 2.82. The molecule has 0 heterocycles. The molecule has 5 nitrogen and oxygen atoms in total. The van der Waals surface area contributed by atoms with Crippen LogP contribution in [0.1, 0.15) is 40.4 Å². The molecule has 0 saturated heterocycles. The predicted molar refractivity (Wildman–Crippen MR) is 125 cm³/mol. The lowest BCUT2D eigenvalue weighted by atomic mass is 10.00. The SMILES string of the molecule is O=C(CCC(=O)O[C@H](C(=O)c1ccccc1)c1ccc(Cl)cc1)Nc1cc(C(F)(F)F)ccc1Cl. The molecule has 10 heteroatoms. The molecule has 182 valence electrons. The molecular weight excluding hydrogens is 506 g/mol. The summed E-state index contributed by atoms with van der Waals surface area (Å²) in [5, 5.41) is 2.59. The van der Waals surface area contributed by atoms with E-state index in [1.54, 1.807) is 54.6 Å². The standard InChI is InChI=1S/C25H18Cl2F3NO4/c26-18-9-6-16(7-10-18)24(23(34)15-4-2-1-3-5-15)35-22(33)13-12-21(32)31-20-14-17(25(28,29)30)8-11-19(20)27/h1-11,14,24H,12-13H2,(H,31,32)/t24-/m0/s1. The number of ketones is 1. The largest absolute Gasteiger partial charge is 0.449 e. The van der Waals surface area contributed by atoms with E-state index in [4.69, 9.17) is 27.9 Å². The Morgan fingerprint density at radius 3 is 2.17 bits per heavy atom. The minimum Gasteiger partial charge on any atom is -0.449 e. The van der Waals surface area contributed by atoms with E-state index in [-0.39, 0.29) is 10.7 Å². The van der Waals surface area contributed by atoms with Crippen molar-refractivity contribution in [2.45, 2.75) is 25.1 Å². The van der Waals surface area contributed by atoms with Crippen LogP contribution in [-0.4, -0.2) is 17.7 Å². The number of hydrogen-bond acceptors (Lipinski definition) is 4. The number of benzene rings is 3. The van der Waals surface area contributed by atoms with E-state index in [1.807, 2.05) is 0 Å². The zero-order valence-corrected chi connectivity index (χ0v) is 19.5. The van der Waals surface area contributed by atoms with Gasteiger partial charge in [-0.05, 0) is 30.3 Å². The van der Waals surface area contributed by atoms with Gasteiger partial charge in [-0.15, -0.1) is 0 Å². The van der Waals surface area contributed by atoms with Gasteiger partial charge in [-0.25, -0.2) is 0 Å². The lowest BCUT2D eigenvalue weighted by Crippen LogP contribution is -2.21. The second-order valence-corrected chi connectivity index (χ2v) is 8.24. The molecule has 35 heavy (non-hydrogen) atoms. The molecule has 0 spiro atoms. The Kier molecular flexibility index (Phi) is 8.53. The molecule has 1 N–H and O–H groups in total. The molecule has 0 fully saturated rings. The first-order chi connectivity index (χ1) is 16.5. The lowest BCUT2D eigenvalue weighted by Gasteiger charge is -2.18. The zero-order valence-electron chi connectivity index (χ0n) is 17.9. The first-order valence-electron chi connectivity index (χ1n) is 10.3. The van der Waals surface area contributed by atoms with Crippen LogP contribution < -0.4 is 5.32 Å². The highest BCUT2D eigenvalue weighted by Gasteiger charge is 2.31. The minimum atomic E-state index is -4.62. The maximum Gasteiger partial charge on any atom is 0.416 e. The number of hydrogen-bond donors (Lipinski definition) is 1. The Balaban J connectivity index is 1.67. The number of carbonyl (C=O) groups excluding carboxylic acids is 3. The summed E-state index contributed by atoms with van der Waals surface area (Å²) in [4.78, 5) is 37.7. The maximum atomic E-state index is 13.0. The van der Waals surface area contributed by atoms with E-state index in [0.717, 1.165) is 12.1 Å². The van der Waals surface area contributed by atoms with Gasteiger partial charge >= 0.3 is 12.1 Å². The van der Waals surface area contributed by atoms with Crippen LogP contribution in [0.5, 0.6) is 0 Å². The van der Waals surface area contributed by atoms with Crippen molar-refractivity contribution >= 4 is 46.5 Å². The van der Waals surface area contributed by atoms with Gasteiger partial charge in [-0.1, -0.05) is 65.7 Å². The molecule has 0 aromatic heterocycles. The van der Waals surface area contributed by atoms with Crippen LogP contribution in [-0.2, 0) is 20.5 Å². The van der Waals surface area contributed by atoms with E-state index in [9.17, 15) is 27.6 Å². The third kappa shape index (κ3) is 7.31. The normalized spacial score (nSPS) is 12.0. The molecule has 0 aliphatic rings. The Morgan fingerprint density at radius 2 is 1.54 bits per heavy atom. The Bertz CT molecular complexity index is 1220. The summed E-state index contributed by atoms with van der Waals surface area (Å²) in [6.07, 6.45) is -6.72. The highest BCUT2D eigenvalue weighted by atomic mass is 35.5. The quantitative estimate of drug-likeness (QED) is 0.257. The van der Waals surface area contributed by atoms with E-state index < -0.39 is 48.3 Å². The monoisotopic (exact) mass is 523 g/mol. The van der Waals surface area contributed by atoms with Crippen molar-refractivity contribution in [3.05, 3.63) is 99.5 Å². The summed E-state index contributed by atoms with van der Waals surface area (Å²) in [5.74, 6) is -2.07. The van der Waals surface area contributed by atoms with E-state index in [0.29, 0.717) is 22.2 Å². The fraction of sp³-hybridized carbons (Fsp3) is 0.160. The van der Waals surface area contributed by atoms with Crippen molar-refractivity contribution in [2.24, 2.45) is 0 Å². The number of halogens is 5. The number of alkyl halides is 3. The highest BCUT2D eigenvalue weighted by molar-refractivity contribution is 6.33. The van der Waals surface area contributed by atoms with Gasteiger partial charge in [0.05, 0.1) is 22.7 Å². The number of amides is 1. The summed E-state index contributed by atoms with van der Waals surface area (Å²) >= 11 is 11.8. The van der Waals surface area contributed by atoms with Gasteiger partial charge in [0.15, 0.2) is 6.10 Å². The van der Waals surface area contributed by atoms with E-state index >= 15 is 0 Å². The van der Waals surface area contributed by atoms with Crippen molar-refractivity contribution in [1.82, 2.24) is 0 Å². The van der Waals surface area contributed by atoms with Gasteiger partial charge in [0.1, 0.15) is 0 Å². The summed E-state index contributed by atoms with van der Waals surface area (Å²) in [6, 6.07) is 16.9. The molecule has 3 aromatic carbocycles. The van der Waals surface area contributed by atoms with Gasteiger partial charge in [-0.3, -0.25) is 14.4 Å². The second-order valence-electron chi connectivity index (χ2n) is 7.39. The van der Waals surface area contributed by atoms with Gasteiger partial charge in [0.25, 0.3) is 0 Å². The maximum absolute atomic E-state index is 13.0. The van der Waals surface area contributed by atoms with E-state index in [2.05, 4.69) is 5.32 Å². The van der Waals surface area contributed by atoms with E-state index in [1.165, 1.54) is 0 Å². The number of rotatable bonds is 8. The number of esters is 1. The Morgan fingerprint density at radius 1 is 0.886 bits per heavy atom. The smallest absolute Gasteiger partial charge is 0.416 e. The zero-order chi connectivity index (χ0) is 25.6. The Hall–Kier alpha value is -3.36. The first kappa shape index (κ1) is 26.2. The fourth-order valence-electron chi connectivity index (χ4n) is 3.08. The number of anilines is 1. The topological polar surface area (TPSA) is 72.5 Å². The van der Waals surface area contributed by atoms with Gasteiger partial charge in [0.2, 0.25) is 11.7 Å². The summed E-state index contributed by atoms with van der Waals surface area (Å²) in [7, 11) is 0. The van der Waals surface area contributed by atoms with Crippen molar-refractivity contribution in [1.29, 1.82) is 0 Å². The summed E-state index contributed by atoms with van der Waals surface area (Å²) in [6.45, 7) is 0. The van der Waals surface area contributed by atoms with Crippen molar-refractivity contribution < 1.29 is 32.3 Å². The molecule has 0 bridgehead atoms. The van der Waals surface area contributed by atoms with Crippen molar-refractivity contribution in [3.63, 3.8) is 0 Å². The number of carbonyl (C=O) groups is 3. The van der Waals surface area contributed by atoms with Gasteiger partial charge in [0, 0.05) is 22.6 Å². The molecule has 0 aliphatic carbocycles. The second kappa shape index (κ2) is 11.4. The molecular formula is C25H18Cl2F3NO4. The molecule has 3 rings (SSSR count). The third-order valence-corrected chi connectivity index (χ3v) is 5.42. The molecule has 0 aliphatic heterocycles. The van der Waals surface area contributed by atoms with Crippen LogP contribution in [0, 0.1) is 0 Å². The molecule has 0 radical (unpaired) electrons. The average molecular weight is 524 g/mol. The molecule has 1 atom stereocenters. The van der Waals surface area contributed by atoms with Gasteiger partial charge < -0.3 is 10.1 Å². The van der Waals surface area contributed by atoms with Crippen LogP contribution in [0.3, 0.4) is 0 Å². The fourth-order valence-corrected chi connectivity index (χ4v) is 3.37. The number of ether oxygens (including phenoxy) is 1. The van der Waals surface area contributed by atoms with Crippen LogP contribution in [0.15, 0.2) is 72.8 Å².